The Kier molecular flexibility index (Phi) is 7.84. The van der Waals surface area contributed by atoms with E-state index in [1.165, 1.54) is 58.0 Å². The molecular weight excluding hydrogens is 632 g/mol. The molecule has 4 aliphatic rings. The molecule has 248 valence electrons. The van der Waals surface area contributed by atoms with Crippen molar-refractivity contribution in [2.24, 2.45) is 5.92 Å². The third-order valence-corrected chi connectivity index (χ3v) is 9.04. The van der Waals surface area contributed by atoms with Gasteiger partial charge in [0.2, 0.25) is 0 Å². The van der Waals surface area contributed by atoms with Gasteiger partial charge < -0.3 is 0 Å². The molecule has 19 heteroatoms. The van der Waals surface area contributed by atoms with Crippen LogP contribution in [0, 0.1) is 5.92 Å². The van der Waals surface area contributed by atoms with E-state index in [4.69, 9.17) is 0 Å². The quantitative estimate of drug-likeness (QED) is 0.255. The van der Waals surface area contributed by atoms with Crippen LogP contribution in [0.15, 0.2) is 0 Å². The molecule has 4 rings (SSSR count). The fourth-order valence-corrected chi connectivity index (χ4v) is 6.05. The smallest absolute Gasteiger partial charge is 0.298 e. The molecule has 0 aromatic rings. The Bertz CT molecular complexity index is 910. The summed E-state index contributed by atoms with van der Waals surface area (Å²) in [6.07, 6.45) is 10.1. The van der Waals surface area contributed by atoms with Crippen molar-refractivity contribution in [2.75, 3.05) is 13.1 Å². The number of fused-ring (bicyclic) bond motifs is 1. The average molecular weight is 657 g/mol. The highest BCUT2D eigenvalue weighted by Gasteiger charge is 3.15. The predicted octanol–water partition coefficient (Wildman–Crippen LogP) is 8.95. The lowest BCUT2D eigenvalue weighted by Crippen LogP contribution is -2.98. The van der Waals surface area contributed by atoms with Crippen LogP contribution in [0.2, 0.25) is 0 Å². The number of halogens is 18. The Morgan fingerprint density at radius 3 is 0.952 bits per heavy atom. The highest BCUT2D eigenvalue weighted by atomic mass is 19.4. The van der Waals surface area contributed by atoms with Crippen molar-refractivity contribution in [2.45, 2.75) is 123 Å². The predicted molar refractivity (Wildman–Crippen MR) is 109 cm³/mol. The highest BCUT2D eigenvalue weighted by molar-refractivity contribution is 5.42. The molecule has 0 spiro atoms. The zero-order valence-electron chi connectivity index (χ0n) is 21.7. The molecule has 42 heavy (non-hydrogen) atoms. The lowest BCUT2D eigenvalue weighted by molar-refractivity contribution is -0.560. The molecule has 1 saturated heterocycles. The van der Waals surface area contributed by atoms with Crippen LogP contribution < -0.4 is 0 Å². The van der Waals surface area contributed by atoms with Gasteiger partial charge in [0, 0.05) is 5.54 Å². The average Bonchev–Trinajstić information content (AvgIpc) is 2.88. The van der Waals surface area contributed by atoms with E-state index in [0.717, 1.165) is 5.92 Å². The molecule has 1 nitrogen and oxygen atoms in total. The van der Waals surface area contributed by atoms with Gasteiger partial charge in [-0.2, -0.15) is 70.2 Å². The molecule has 0 aromatic heterocycles. The zero-order chi connectivity index (χ0) is 33.0. The van der Waals surface area contributed by atoms with E-state index in [9.17, 15) is 79.0 Å². The van der Waals surface area contributed by atoms with Crippen molar-refractivity contribution >= 4 is 0 Å². The molecule has 0 bridgehead atoms. The number of piperidine rings is 1. The standard InChI is InChI=1S/C13H25N.C10F18/c1-12-6-8-13(2,9-7-12)14-10-4-3-5-11-14;11-1-2(12,5(17,18)9(25,26)7(21,22)3(1,13)14)6(19,20)10(27,28)8(23,24)4(1,15)16/h12H,3-11H2,1-2H3;. The van der Waals surface area contributed by atoms with Crippen LogP contribution in [0.4, 0.5) is 79.0 Å². The number of alkyl halides is 18. The monoisotopic (exact) mass is 657 g/mol. The van der Waals surface area contributed by atoms with Crippen LogP contribution in [-0.2, 0) is 0 Å². The van der Waals surface area contributed by atoms with Gasteiger partial charge in [0.1, 0.15) is 0 Å². The van der Waals surface area contributed by atoms with Gasteiger partial charge in [-0.25, -0.2) is 8.78 Å². The number of hydrogen-bond donors (Lipinski definition) is 0. The Hall–Kier alpha value is -1.30. The first-order chi connectivity index (χ1) is 18.5. The van der Waals surface area contributed by atoms with Crippen molar-refractivity contribution < 1.29 is 79.0 Å². The van der Waals surface area contributed by atoms with E-state index < -0.39 is 58.7 Å². The number of rotatable bonds is 1. The van der Waals surface area contributed by atoms with E-state index in [1.807, 2.05) is 0 Å². The second kappa shape index (κ2) is 9.36. The lowest BCUT2D eigenvalue weighted by atomic mass is 9.54. The van der Waals surface area contributed by atoms with Crippen LogP contribution >= 0.6 is 0 Å². The molecule has 3 saturated carbocycles. The second-order valence-corrected chi connectivity index (χ2v) is 11.6. The fourth-order valence-electron chi connectivity index (χ4n) is 6.05. The van der Waals surface area contributed by atoms with E-state index in [-0.39, 0.29) is 0 Å². The second-order valence-electron chi connectivity index (χ2n) is 11.6. The summed E-state index contributed by atoms with van der Waals surface area (Å²) in [6, 6.07) is 0. The van der Waals surface area contributed by atoms with E-state index in [2.05, 4.69) is 18.7 Å². The minimum Gasteiger partial charge on any atom is -0.298 e. The summed E-state index contributed by atoms with van der Waals surface area (Å²) < 4.78 is 241. The highest BCUT2D eigenvalue weighted by Crippen LogP contribution is 2.81. The van der Waals surface area contributed by atoms with Crippen molar-refractivity contribution in [3.05, 3.63) is 0 Å². The van der Waals surface area contributed by atoms with Gasteiger partial charge in [-0.05, 0) is 64.5 Å². The Labute approximate surface area is 226 Å². The summed E-state index contributed by atoms with van der Waals surface area (Å²) in [4.78, 5) is 2.78. The lowest BCUT2D eigenvalue weighted by Gasteiger charge is -2.63. The van der Waals surface area contributed by atoms with Crippen LogP contribution in [-0.4, -0.2) is 82.2 Å². The van der Waals surface area contributed by atoms with Gasteiger partial charge >= 0.3 is 47.4 Å². The van der Waals surface area contributed by atoms with E-state index in [1.54, 1.807) is 0 Å². The molecule has 4 fully saturated rings. The molecule has 0 radical (unpaired) electrons. The molecule has 3 aliphatic carbocycles. The third kappa shape index (κ3) is 3.59. The first-order valence-corrected chi connectivity index (χ1v) is 12.6. The van der Waals surface area contributed by atoms with Gasteiger partial charge in [0.25, 0.3) is 11.3 Å². The van der Waals surface area contributed by atoms with E-state index >= 15 is 0 Å². The molecule has 0 atom stereocenters. The Morgan fingerprint density at radius 1 is 0.429 bits per heavy atom. The minimum absolute atomic E-state index is 0.562. The van der Waals surface area contributed by atoms with Crippen molar-refractivity contribution in [1.29, 1.82) is 0 Å². The molecule has 1 aliphatic heterocycles. The summed E-state index contributed by atoms with van der Waals surface area (Å²) >= 11 is 0. The zero-order valence-corrected chi connectivity index (χ0v) is 21.7. The maximum atomic E-state index is 14.2. The summed E-state index contributed by atoms with van der Waals surface area (Å²) in [7, 11) is 0. The summed E-state index contributed by atoms with van der Waals surface area (Å²) in [6.45, 7) is 7.65. The van der Waals surface area contributed by atoms with Gasteiger partial charge in [-0.3, -0.25) is 4.90 Å². The summed E-state index contributed by atoms with van der Waals surface area (Å²) in [5, 5.41) is 0. The fraction of sp³-hybridized carbons (Fsp3) is 1.00. The molecular formula is C23H25F18N. The van der Waals surface area contributed by atoms with Gasteiger partial charge in [0.15, 0.2) is 0 Å². The SMILES string of the molecule is CC1CCC(C)(N2CCCCC2)CC1.FC1(F)C(F)(F)C(F)(F)C2(F)C(F)(F)C(F)(F)C(F)(F)C(F)(F)C2(F)C1(F)F. The van der Waals surface area contributed by atoms with E-state index in [0.29, 0.717) is 5.54 Å². The van der Waals surface area contributed by atoms with Crippen molar-refractivity contribution in [3.63, 3.8) is 0 Å². The first kappa shape index (κ1) is 35.2. The maximum Gasteiger partial charge on any atom is 0.382 e. The third-order valence-electron chi connectivity index (χ3n) is 9.04. The Morgan fingerprint density at radius 2 is 0.690 bits per heavy atom. The molecule has 0 N–H and O–H groups in total. The van der Waals surface area contributed by atoms with Crippen molar-refractivity contribution in [1.82, 2.24) is 4.90 Å². The molecule has 0 aromatic carbocycles. The topological polar surface area (TPSA) is 3.24 Å². The number of likely N-dealkylation sites (tertiary alicyclic amines) is 1. The van der Waals surface area contributed by atoms with Crippen LogP contribution in [0.3, 0.4) is 0 Å². The van der Waals surface area contributed by atoms with Gasteiger partial charge in [0.05, 0.1) is 0 Å². The summed E-state index contributed by atoms with van der Waals surface area (Å²) in [5.41, 5.74) is -16.7. The summed E-state index contributed by atoms with van der Waals surface area (Å²) in [5.74, 6) is -65.8. The van der Waals surface area contributed by atoms with Crippen LogP contribution in [0.5, 0.6) is 0 Å². The van der Waals surface area contributed by atoms with Crippen molar-refractivity contribution in [3.8, 4) is 0 Å². The van der Waals surface area contributed by atoms with Gasteiger partial charge in [-0.1, -0.05) is 13.3 Å². The Balaban J connectivity index is 0.000000287. The number of nitrogens with zero attached hydrogens (tertiary/aromatic N) is 1. The van der Waals surface area contributed by atoms with Gasteiger partial charge in [-0.15, -0.1) is 0 Å². The maximum absolute atomic E-state index is 14.2. The van der Waals surface area contributed by atoms with Crippen LogP contribution in [0.1, 0.15) is 58.8 Å². The van der Waals surface area contributed by atoms with Crippen LogP contribution in [0.25, 0.3) is 0 Å². The molecule has 1 heterocycles. The molecule has 0 amide bonds. The minimum atomic E-state index is -8.64. The number of hydrogen-bond acceptors (Lipinski definition) is 1. The normalized spacial score (nSPS) is 42.4. The molecule has 0 unspecified atom stereocenters. The first-order valence-electron chi connectivity index (χ1n) is 12.6. The largest absolute Gasteiger partial charge is 0.382 e.